The van der Waals surface area contributed by atoms with Crippen molar-refractivity contribution < 1.29 is 14.6 Å². The highest BCUT2D eigenvalue weighted by Crippen LogP contribution is 2.21. The predicted molar refractivity (Wildman–Crippen MR) is 92.5 cm³/mol. The van der Waals surface area contributed by atoms with Crippen LogP contribution in [0.4, 0.5) is 5.69 Å². The van der Waals surface area contributed by atoms with Crippen LogP contribution in [-0.4, -0.2) is 24.2 Å². The topological polar surface area (TPSA) is 58.6 Å². The lowest BCUT2D eigenvalue weighted by Gasteiger charge is -2.13. The number of carboxylic acid groups (broad SMARTS) is 1. The van der Waals surface area contributed by atoms with E-state index in [1.165, 1.54) is 0 Å². The summed E-state index contributed by atoms with van der Waals surface area (Å²) < 4.78 is 5.75. The highest BCUT2D eigenvalue weighted by Gasteiger charge is 2.11. The minimum absolute atomic E-state index is 0.321. The Bertz CT molecular complexity index is 667. The van der Waals surface area contributed by atoms with Crippen molar-refractivity contribution in [2.24, 2.45) is 0 Å². The maximum Gasteiger partial charge on any atom is 0.337 e. The molecule has 0 fully saturated rings. The summed E-state index contributed by atoms with van der Waals surface area (Å²) in [6.45, 7) is 5.33. The molecule has 0 amide bonds. The van der Waals surface area contributed by atoms with Crippen molar-refractivity contribution in [2.75, 3.05) is 18.5 Å². The molecule has 0 aliphatic rings. The second-order valence-electron chi connectivity index (χ2n) is 5.55. The molecule has 0 bridgehead atoms. The Labute approximate surface area is 137 Å². The molecule has 23 heavy (non-hydrogen) atoms. The highest BCUT2D eigenvalue weighted by atomic mass is 16.5. The normalized spacial score (nSPS) is 10.3. The number of rotatable bonds is 8. The Morgan fingerprint density at radius 2 is 1.78 bits per heavy atom. The quantitative estimate of drug-likeness (QED) is 0.714. The third kappa shape index (κ3) is 4.74. The van der Waals surface area contributed by atoms with Crippen molar-refractivity contribution in [3.63, 3.8) is 0 Å². The SMILES string of the molecule is Cc1ccccc1OCCCCNc1c(C)cccc1C(=O)O. The van der Waals surface area contributed by atoms with Gasteiger partial charge in [-0.15, -0.1) is 0 Å². The number of ether oxygens (including phenoxy) is 1. The number of hydrogen-bond acceptors (Lipinski definition) is 3. The van der Waals surface area contributed by atoms with Gasteiger partial charge in [0.15, 0.2) is 0 Å². The smallest absolute Gasteiger partial charge is 0.337 e. The summed E-state index contributed by atoms with van der Waals surface area (Å²) in [4.78, 5) is 11.2. The van der Waals surface area contributed by atoms with Crippen LogP contribution in [0.1, 0.15) is 34.3 Å². The summed E-state index contributed by atoms with van der Waals surface area (Å²) in [7, 11) is 0. The van der Waals surface area contributed by atoms with Gasteiger partial charge in [-0.25, -0.2) is 4.79 Å². The van der Waals surface area contributed by atoms with Gasteiger partial charge in [-0.3, -0.25) is 0 Å². The molecule has 2 N–H and O–H groups in total. The van der Waals surface area contributed by atoms with Gasteiger partial charge in [0, 0.05) is 6.54 Å². The first-order valence-corrected chi connectivity index (χ1v) is 7.85. The van der Waals surface area contributed by atoms with Crippen molar-refractivity contribution in [3.05, 3.63) is 59.2 Å². The van der Waals surface area contributed by atoms with Crippen LogP contribution in [0.15, 0.2) is 42.5 Å². The van der Waals surface area contributed by atoms with Crippen LogP contribution in [0.5, 0.6) is 5.75 Å². The maximum absolute atomic E-state index is 11.2. The number of aryl methyl sites for hydroxylation is 2. The lowest BCUT2D eigenvalue weighted by Crippen LogP contribution is -2.10. The van der Waals surface area contributed by atoms with Crippen LogP contribution < -0.4 is 10.1 Å². The molecule has 2 aromatic rings. The van der Waals surface area contributed by atoms with Gasteiger partial charge in [-0.1, -0.05) is 30.3 Å². The van der Waals surface area contributed by atoms with E-state index in [-0.39, 0.29) is 0 Å². The van der Waals surface area contributed by atoms with Gasteiger partial charge in [0.25, 0.3) is 0 Å². The summed E-state index contributed by atoms with van der Waals surface area (Å²) in [5.41, 5.74) is 3.11. The number of unbranched alkanes of at least 4 members (excludes halogenated alkanes) is 1. The van der Waals surface area contributed by atoms with Gasteiger partial charge in [0.2, 0.25) is 0 Å². The fraction of sp³-hybridized carbons (Fsp3) is 0.316. The Hall–Kier alpha value is -2.49. The molecule has 4 nitrogen and oxygen atoms in total. The molecule has 0 saturated heterocycles. The van der Waals surface area contributed by atoms with E-state index < -0.39 is 5.97 Å². The van der Waals surface area contributed by atoms with Crippen LogP contribution in [-0.2, 0) is 0 Å². The van der Waals surface area contributed by atoms with E-state index >= 15 is 0 Å². The lowest BCUT2D eigenvalue weighted by molar-refractivity contribution is 0.0698. The number of carboxylic acids is 1. The molecule has 0 radical (unpaired) electrons. The zero-order valence-corrected chi connectivity index (χ0v) is 13.6. The number of benzene rings is 2. The minimum atomic E-state index is -0.904. The highest BCUT2D eigenvalue weighted by molar-refractivity contribution is 5.95. The van der Waals surface area contributed by atoms with Gasteiger partial charge in [-0.2, -0.15) is 0 Å². The predicted octanol–water partition coefficient (Wildman–Crippen LogP) is 4.27. The third-order valence-electron chi connectivity index (χ3n) is 3.73. The van der Waals surface area contributed by atoms with Crippen LogP contribution in [0.2, 0.25) is 0 Å². The standard InChI is InChI=1S/C19H23NO3/c1-14-8-3-4-11-17(14)23-13-6-5-12-20-18-15(2)9-7-10-16(18)19(21)22/h3-4,7-11,20H,5-6,12-13H2,1-2H3,(H,21,22). The fourth-order valence-electron chi connectivity index (χ4n) is 2.42. The van der Waals surface area contributed by atoms with Crippen LogP contribution in [0, 0.1) is 13.8 Å². The number of aromatic carboxylic acids is 1. The molecule has 122 valence electrons. The second-order valence-corrected chi connectivity index (χ2v) is 5.55. The molecule has 2 rings (SSSR count). The van der Waals surface area contributed by atoms with Gasteiger partial charge < -0.3 is 15.2 Å². The summed E-state index contributed by atoms with van der Waals surface area (Å²) in [6.07, 6.45) is 1.83. The van der Waals surface area contributed by atoms with E-state index in [1.54, 1.807) is 12.1 Å². The first kappa shape index (κ1) is 16.9. The Balaban J connectivity index is 1.76. The van der Waals surface area contributed by atoms with Crippen LogP contribution in [0.3, 0.4) is 0 Å². The molecular weight excluding hydrogens is 290 g/mol. The Morgan fingerprint density at radius 1 is 1.04 bits per heavy atom. The maximum atomic E-state index is 11.2. The number of nitrogens with one attached hydrogen (secondary N) is 1. The van der Waals surface area contributed by atoms with Gasteiger partial charge in [0.1, 0.15) is 5.75 Å². The zero-order valence-electron chi connectivity index (χ0n) is 13.6. The average molecular weight is 313 g/mol. The van der Waals surface area contributed by atoms with Gasteiger partial charge >= 0.3 is 5.97 Å². The fourth-order valence-corrected chi connectivity index (χ4v) is 2.42. The van der Waals surface area contributed by atoms with Crippen molar-refractivity contribution in [2.45, 2.75) is 26.7 Å². The van der Waals surface area contributed by atoms with Crippen molar-refractivity contribution in [1.29, 1.82) is 0 Å². The Kier molecular flexibility index (Phi) is 6.03. The van der Waals surface area contributed by atoms with E-state index in [0.717, 1.165) is 36.3 Å². The molecule has 0 saturated carbocycles. The first-order chi connectivity index (χ1) is 11.1. The molecule has 0 heterocycles. The van der Waals surface area contributed by atoms with E-state index in [2.05, 4.69) is 5.32 Å². The molecule has 0 atom stereocenters. The van der Waals surface area contributed by atoms with E-state index in [0.29, 0.717) is 17.9 Å². The summed E-state index contributed by atoms with van der Waals surface area (Å²) >= 11 is 0. The first-order valence-electron chi connectivity index (χ1n) is 7.85. The summed E-state index contributed by atoms with van der Waals surface area (Å²) in [6, 6.07) is 13.3. The molecular formula is C19H23NO3. The molecule has 0 aromatic heterocycles. The van der Waals surface area contributed by atoms with Crippen molar-refractivity contribution >= 4 is 11.7 Å². The van der Waals surface area contributed by atoms with Crippen molar-refractivity contribution in [1.82, 2.24) is 0 Å². The van der Waals surface area contributed by atoms with E-state index in [9.17, 15) is 9.90 Å². The van der Waals surface area contributed by atoms with E-state index in [4.69, 9.17) is 4.74 Å². The second kappa shape index (κ2) is 8.22. The number of hydrogen-bond donors (Lipinski definition) is 2. The third-order valence-corrected chi connectivity index (χ3v) is 3.73. The van der Waals surface area contributed by atoms with E-state index in [1.807, 2.05) is 44.2 Å². The lowest BCUT2D eigenvalue weighted by atomic mass is 10.1. The number of para-hydroxylation sites is 2. The molecule has 4 heteroatoms. The Morgan fingerprint density at radius 3 is 2.52 bits per heavy atom. The number of anilines is 1. The van der Waals surface area contributed by atoms with Crippen LogP contribution in [0.25, 0.3) is 0 Å². The molecule has 0 unspecified atom stereocenters. The molecule has 0 aliphatic carbocycles. The van der Waals surface area contributed by atoms with Gasteiger partial charge in [-0.05, 0) is 49.9 Å². The summed E-state index contributed by atoms with van der Waals surface area (Å²) in [5, 5.41) is 12.5. The molecule has 0 spiro atoms. The van der Waals surface area contributed by atoms with Gasteiger partial charge in [0.05, 0.1) is 17.9 Å². The number of carbonyl (C=O) groups is 1. The largest absolute Gasteiger partial charge is 0.493 e. The average Bonchev–Trinajstić information content (AvgIpc) is 2.53. The van der Waals surface area contributed by atoms with Crippen molar-refractivity contribution in [3.8, 4) is 5.75 Å². The summed E-state index contributed by atoms with van der Waals surface area (Å²) in [5.74, 6) is 0.0200. The minimum Gasteiger partial charge on any atom is -0.493 e. The molecule has 0 aliphatic heterocycles. The molecule has 2 aromatic carbocycles. The zero-order chi connectivity index (χ0) is 16.7. The monoisotopic (exact) mass is 313 g/mol. The van der Waals surface area contributed by atoms with Crippen LogP contribution >= 0.6 is 0 Å².